The first kappa shape index (κ1) is 13.4. The summed E-state index contributed by atoms with van der Waals surface area (Å²) >= 11 is 0. The molecule has 5 heteroatoms. The van der Waals surface area contributed by atoms with Crippen LogP contribution in [0.4, 0.5) is 5.69 Å². The normalized spacial score (nSPS) is 15.8. The summed E-state index contributed by atoms with van der Waals surface area (Å²) in [5.74, 6) is 1.19. The average molecular weight is 261 g/mol. The first-order valence-corrected chi connectivity index (χ1v) is 6.24. The SMILES string of the molecule is COc1cccc(NC(N)=NCC2=CCOCC2)c1. The zero-order valence-corrected chi connectivity index (χ0v) is 11.1. The summed E-state index contributed by atoms with van der Waals surface area (Å²) < 4.78 is 10.4. The second kappa shape index (κ2) is 6.80. The van der Waals surface area contributed by atoms with Crippen LogP contribution in [0, 0.1) is 0 Å². The summed E-state index contributed by atoms with van der Waals surface area (Å²) in [6.45, 7) is 2.06. The van der Waals surface area contributed by atoms with Gasteiger partial charge in [0.2, 0.25) is 0 Å². The summed E-state index contributed by atoms with van der Waals surface area (Å²) in [5, 5.41) is 3.05. The number of methoxy groups -OCH3 is 1. The fourth-order valence-electron chi connectivity index (χ4n) is 1.78. The smallest absolute Gasteiger partial charge is 0.193 e. The molecule has 0 unspecified atom stereocenters. The van der Waals surface area contributed by atoms with Gasteiger partial charge in [0.15, 0.2) is 5.96 Å². The fourth-order valence-corrected chi connectivity index (χ4v) is 1.78. The Morgan fingerprint density at radius 2 is 2.42 bits per heavy atom. The molecule has 0 spiro atoms. The number of hydrogen-bond acceptors (Lipinski definition) is 3. The van der Waals surface area contributed by atoms with Gasteiger partial charge in [-0.25, -0.2) is 4.99 Å². The number of rotatable bonds is 4. The molecule has 1 aromatic carbocycles. The molecule has 0 aliphatic carbocycles. The minimum absolute atomic E-state index is 0.403. The maximum Gasteiger partial charge on any atom is 0.193 e. The van der Waals surface area contributed by atoms with Crippen LogP contribution in [0.3, 0.4) is 0 Å². The molecule has 3 N–H and O–H groups in total. The average Bonchev–Trinajstić information content (AvgIpc) is 2.46. The molecule has 1 aliphatic rings. The highest BCUT2D eigenvalue weighted by molar-refractivity contribution is 5.92. The Morgan fingerprint density at radius 3 is 3.16 bits per heavy atom. The van der Waals surface area contributed by atoms with Crippen molar-refractivity contribution < 1.29 is 9.47 Å². The third-order valence-electron chi connectivity index (χ3n) is 2.85. The van der Waals surface area contributed by atoms with Crippen LogP contribution in [-0.4, -0.2) is 32.8 Å². The van der Waals surface area contributed by atoms with Gasteiger partial charge in [-0.1, -0.05) is 12.1 Å². The van der Waals surface area contributed by atoms with E-state index in [1.165, 1.54) is 5.57 Å². The molecule has 0 fully saturated rings. The van der Waals surface area contributed by atoms with Gasteiger partial charge in [0.05, 0.1) is 26.9 Å². The molecule has 1 aromatic rings. The molecule has 0 amide bonds. The van der Waals surface area contributed by atoms with Gasteiger partial charge in [0.1, 0.15) is 5.75 Å². The standard InChI is InChI=1S/C14H19N3O2/c1-18-13-4-2-3-12(9-13)17-14(15)16-10-11-5-7-19-8-6-11/h2-5,9H,6-8,10H2,1H3,(H3,15,16,17). The summed E-state index contributed by atoms with van der Waals surface area (Å²) in [4.78, 5) is 4.32. The minimum atomic E-state index is 0.403. The molecule has 0 radical (unpaired) electrons. The van der Waals surface area contributed by atoms with Crippen molar-refractivity contribution in [3.8, 4) is 5.75 Å². The highest BCUT2D eigenvalue weighted by Gasteiger charge is 2.03. The lowest BCUT2D eigenvalue weighted by Gasteiger charge is -2.12. The quantitative estimate of drug-likeness (QED) is 0.492. The van der Waals surface area contributed by atoms with Crippen LogP contribution in [0.2, 0.25) is 0 Å². The number of hydrogen-bond donors (Lipinski definition) is 2. The van der Waals surface area contributed by atoms with Gasteiger partial charge in [-0.3, -0.25) is 0 Å². The van der Waals surface area contributed by atoms with E-state index in [1.54, 1.807) is 7.11 Å². The summed E-state index contributed by atoms with van der Waals surface area (Å²) in [5.41, 5.74) is 7.98. The van der Waals surface area contributed by atoms with E-state index in [-0.39, 0.29) is 0 Å². The van der Waals surface area contributed by atoms with Crippen molar-refractivity contribution in [2.45, 2.75) is 6.42 Å². The Bertz CT molecular complexity index is 483. The number of nitrogens with two attached hydrogens (primary N) is 1. The van der Waals surface area contributed by atoms with Crippen LogP contribution in [0.1, 0.15) is 6.42 Å². The maximum atomic E-state index is 5.85. The van der Waals surface area contributed by atoms with E-state index in [9.17, 15) is 0 Å². The van der Waals surface area contributed by atoms with Gasteiger partial charge in [-0.2, -0.15) is 0 Å². The Labute approximate surface area is 113 Å². The molecule has 0 atom stereocenters. The third kappa shape index (κ3) is 4.30. The van der Waals surface area contributed by atoms with Gasteiger partial charge < -0.3 is 20.5 Å². The lowest BCUT2D eigenvalue weighted by atomic mass is 10.1. The molecule has 2 rings (SSSR count). The topological polar surface area (TPSA) is 68.9 Å². The van der Waals surface area contributed by atoms with Crippen molar-refractivity contribution in [3.63, 3.8) is 0 Å². The van der Waals surface area contributed by atoms with Crippen molar-refractivity contribution in [1.29, 1.82) is 0 Å². The van der Waals surface area contributed by atoms with E-state index in [4.69, 9.17) is 15.2 Å². The van der Waals surface area contributed by atoms with E-state index in [2.05, 4.69) is 16.4 Å². The fraction of sp³-hybridized carbons (Fsp3) is 0.357. The molecule has 1 heterocycles. The van der Waals surface area contributed by atoms with E-state index in [1.807, 2.05) is 24.3 Å². The van der Waals surface area contributed by atoms with E-state index in [0.717, 1.165) is 24.5 Å². The third-order valence-corrected chi connectivity index (χ3v) is 2.85. The maximum absolute atomic E-state index is 5.85. The van der Waals surface area contributed by atoms with E-state index in [0.29, 0.717) is 19.1 Å². The zero-order chi connectivity index (χ0) is 13.5. The number of nitrogens with one attached hydrogen (secondary N) is 1. The first-order valence-electron chi connectivity index (χ1n) is 6.24. The predicted molar refractivity (Wildman–Crippen MR) is 76.6 cm³/mol. The molecule has 0 saturated heterocycles. The lowest BCUT2D eigenvalue weighted by Crippen LogP contribution is -2.23. The van der Waals surface area contributed by atoms with Crippen LogP contribution in [0.15, 0.2) is 40.9 Å². The lowest BCUT2D eigenvalue weighted by molar-refractivity contribution is 0.154. The molecule has 0 aromatic heterocycles. The van der Waals surface area contributed by atoms with Gasteiger partial charge in [0.25, 0.3) is 0 Å². The van der Waals surface area contributed by atoms with Crippen molar-refractivity contribution in [3.05, 3.63) is 35.9 Å². The van der Waals surface area contributed by atoms with Crippen LogP contribution in [0.5, 0.6) is 5.75 Å². The minimum Gasteiger partial charge on any atom is -0.497 e. The number of nitrogens with zero attached hydrogens (tertiary/aromatic N) is 1. The number of anilines is 1. The van der Waals surface area contributed by atoms with Gasteiger partial charge in [0, 0.05) is 11.8 Å². The molecule has 19 heavy (non-hydrogen) atoms. The van der Waals surface area contributed by atoms with Crippen molar-refractivity contribution in [2.75, 3.05) is 32.2 Å². The van der Waals surface area contributed by atoms with Crippen LogP contribution >= 0.6 is 0 Å². The first-order chi connectivity index (χ1) is 9.28. The van der Waals surface area contributed by atoms with E-state index < -0.39 is 0 Å². The Balaban J connectivity index is 1.92. The number of ether oxygens (including phenoxy) is 2. The Hall–Kier alpha value is -2.01. The number of benzene rings is 1. The number of aliphatic imine (C=N–C) groups is 1. The van der Waals surface area contributed by atoms with Gasteiger partial charge in [-0.15, -0.1) is 0 Å². The molecular weight excluding hydrogens is 242 g/mol. The molecule has 0 bridgehead atoms. The van der Waals surface area contributed by atoms with Crippen LogP contribution in [-0.2, 0) is 4.74 Å². The summed E-state index contributed by atoms with van der Waals surface area (Å²) in [7, 11) is 1.63. The highest BCUT2D eigenvalue weighted by atomic mass is 16.5. The Kier molecular flexibility index (Phi) is 4.80. The second-order valence-electron chi connectivity index (χ2n) is 4.25. The highest BCUT2D eigenvalue weighted by Crippen LogP contribution is 2.16. The van der Waals surface area contributed by atoms with Crippen molar-refractivity contribution >= 4 is 11.6 Å². The van der Waals surface area contributed by atoms with Crippen LogP contribution in [0.25, 0.3) is 0 Å². The van der Waals surface area contributed by atoms with Gasteiger partial charge >= 0.3 is 0 Å². The van der Waals surface area contributed by atoms with Crippen molar-refractivity contribution in [2.24, 2.45) is 10.7 Å². The molecule has 0 saturated carbocycles. The summed E-state index contributed by atoms with van der Waals surface area (Å²) in [6, 6.07) is 7.56. The Morgan fingerprint density at radius 1 is 1.53 bits per heavy atom. The zero-order valence-electron chi connectivity index (χ0n) is 11.1. The molecular formula is C14H19N3O2. The van der Waals surface area contributed by atoms with Gasteiger partial charge in [-0.05, 0) is 24.1 Å². The van der Waals surface area contributed by atoms with Crippen molar-refractivity contribution in [1.82, 2.24) is 0 Å². The molecule has 102 valence electrons. The predicted octanol–water partition coefficient (Wildman–Crippen LogP) is 1.77. The number of guanidine groups is 1. The van der Waals surface area contributed by atoms with Crippen LogP contribution < -0.4 is 15.8 Å². The largest absolute Gasteiger partial charge is 0.497 e. The summed E-state index contributed by atoms with van der Waals surface area (Å²) in [6.07, 6.45) is 2.99. The monoisotopic (exact) mass is 261 g/mol. The molecule has 5 nitrogen and oxygen atoms in total. The van der Waals surface area contributed by atoms with E-state index >= 15 is 0 Å². The molecule has 1 aliphatic heterocycles. The second-order valence-corrected chi connectivity index (χ2v) is 4.25.